The van der Waals surface area contributed by atoms with Crippen molar-refractivity contribution in [2.24, 2.45) is 5.73 Å². The summed E-state index contributed by atoms with van der Waals surface area (Å²) in [7, 11) is 1.50. The Labute approximate surface area is 82.7 Å². The first kappa shape index (κ1) is 10.7. The number of pyridine rings is 1. The topological polar surface area (TPSA) is 94.4 Å². The molecule has 5 heteroatoms. The van der Waals surface area contributed by atoms with Crippen LogP contribution in [0.5, 0.6) is 5.88 Å². The van der Waals surface area contributed by atoms with Gasteiger partial charge in [-0.15, -0.1) is 0 Å². The maximum Gasteiger partial charge on any atom is 0.218 e. The van der Waals surface area contributed by atoms with Crippen LogP contribution in [0.25, 0.3) is 0 Å². The molecule has 78 valence electrons. The zero-order valence-electron chi connectivity index (χ0n) is 8.32. The third-order valence-corrected chi connectivity index (χ3v) is 2.01. The van der Waals surface area contributed by atoms with Crippen molar-refractivity contribution in [2.75, 3.05) is 19.5 Å². The molecule has 1 heterocycles. The fourth-order valence-corrected chi connectivity index (χ4v) is 1.13. The lowest BCUT2D eigenvalue weighted by atomic mass is 9.95. The van der Waals surface area contributed by atoms with Gasteiger partial charge in [0.15, 0.2) is 0 Å². The minimum atomic E-state index is -0.895. The summed E-state index contributed by atoms with van der Waals surface area (Å²) < 4.78 is 5.03. The van der Waals surface area contributed by atoms with E-state index in [9.17, 15) is 0 Å². The molecule has 5 nitrogen and oxygen atoms in total. The van der Waals surface area contributed by atoms with Crippen molar-refractivity contribution in [3.05, 3.63) is 17.8 Å². The van der Waals surface area contributed by atoms with E-state index in [1.54, 1.807) is 13.0 Å². The van der Waals surface area contributed by atoms with E-state index >= 15 is 0 Å². The van der Waals surface area contributed by atoms with E-state index in [2.05, 4.69) is 4.98 Å². The van der Waals surface area contributed by atoms with Gasteiger partial charge in [0.2, 0.25) is 5.88 Å². The van der Waals surface area contributed by atoms with E-state index in [-0.39, 0.29) is 6.61 Å². The molecule has 1 aromatic heterocycles. The average molecular weight is 197 g/mol. The number of nitrogens with zero attached hydrogens (tertiary/aromatic N) is 1. The summed E-state index contributed by atoms with van der Waals surface area (Å²) in [4.78, 5) is 3.97. The second-order valence-electron chi connectivity index (χ2n) is 3.40. The quantitative estimate of drug-likeness (QED) is 0.626. The molecule has 14 heavy (non-hydrogen) atoms. The minimum Gasteiger partial charge on any atom is -0.481 e. The summed E-state index contributed by atoms with van der Waals surface area (Å²) in [5.74, 6) is 0.387. The van der Waals surface area contributed by atoms with Crippen molar-refractivity contribution in [3.63, 3.8) is 0 Å². The van der Waals surface area contributed by atoms with Gasteiger partial charge in [-0.3, -0.25) is 0 Å². The van der Waals surface area contributed by atoms with Crippen LogP contribution in [0, 0.1) is 0 Å². The maximum atomic E-state index is 9.11. The van der Waals surface area contributed by atoms with Gasteiger partial charge in [-0.05, 0) is 13.0 Å². The molecule has 0 aromatic carbocycles. The third-order valence-electron chi connectivity index (χ3n) is 2.01. The van der Waals surface area contributed by atoms with Crippen molar-refractivity contribution in [3.8, 4) is 5.88 Å². The summed E-state index contributed by atoms with van der Waals surface area (Å²) in [5, 5.41) is 9.11. The lowest BCUT2D eigenvalue weighted by Crippen LogP contribution is -2.37. The SMILES string of the molecule is COc1ncc(N)cc1C(C)(N)CO. The summed E-state index contributed by atoms with van der Waals surface area (Å²) >= 11 is 0. The molecule has 0 bridgehead atoms. The highest BCUT2D eigenvalue weighted by atomic mass is 16.5. The molecule has 0 aliphatic rings. The molecule has 0 aliphatic carbocycles. The monoisotopic (exact) mass is 197 g/mol. The molecule has 0 amide bonds. The van der Waals surface area contributed by atoms with Crippen molar-refractivity contribution >= 4 is 5.69 Å². The zero-order chi connectivity index (χ0) is 10.8. The van der Waals surface area contributed by atoms with Gasteiger partial charge < -0.3 is 21.3 Å². The number of nitrogen functional groups attached to an aromatic ring is 1. The number of anilines is 1. The molecule has 0 radical (unpaired) electrons. The average Bonchev–Trinajstić information content (AvgIpc) is 2.18. The Balaban J connectivity index is 3.23. The Hall–Kier alpha value is -1.33. The van der Waals surface area contributed by atoms with Crippen LogP contribution in [0.1, 0.15) is 12.5 Å². The molecule has 5 N–H and O–H groups in total. The van der Waals surface area contributed by atoms with Gasteiger partial charge in [0.1, 0.15) is 0 Å². The zero-order valence-corrected chi connectivity index (χ0v) is 8.32. The van der Waals surface area contributed by atoms with E-state index in [0.29, 0.717) is 17.1 Å². The molecule has 0 saturated heterocycles. The smallest absolute Gasteiger partial charge is 0.218 e. The minimum absolute atomic E-state index is 0.200. The van der Waals surface area contributed by atoms with E-state index < -0.39 is 5.54 Å². The predicted octanol–water partition coefficient (Wildman–Crippen LogP) is -0.161. The number of aliphatic hydroxyl groups is 1. The number of methoxy groups -OCH3 is 1. The Kier molecular flexibility index (Phi) is 2.93. The van der Waals surface area contributed by atoms with Gasteiger partial charge in [0.25, 0.3) is 0 Å². The standard InChI is InChI=1S/C9H15N3O2/c1-9(11,5-13)7-3-6(10)4-12-8(7)14-2/h3-4,13H,5,10-11H2,1-2H3. The summed E-state index contributed by atoms with van der Waals surface area (Å²) in [6, 6.07) is 1.65. The molecule has 1 atom stereocenters. The Bertz CT molecular complexity index is 326. The number of aliphatic hydroxyl groups excluding tert-OH is 1. The number of hydrogen-bond donors (Lipinski definition) is 3. The van der Waals surface area contributed by atoms with Crippen LogP contribution in [0.4, 0.5) is 5.69 Å². The van der Waals surface area contributed by atoms with Crippen LogP contribution in [-0.4, -0.2) is 23.8 Å². The van der Waals surface area contributed by atoms with E-state index in [4.69, 9.17) is 21.3 Å². The highest BCUT2D eigenvalue weighted by Crippen LogP contribution is 2.27. The highest BCUT2D eigenvalue weighted by molar-refractivity contribution is 5.45. The van der Waals surface area contributed by atoms with E-state index in [1.165, 1.54) is 13.3 Å². The second-order valence-corrected chi connectivity index (χ2v) is 3.40. The largest absolute Gasteiger partial charge is 0.481 e. The fourth-order valence-electron chi connectivity index (χ4n) is 1.13. The molecule has 0 aliphatic heterocycles. The van der Waals surface area contributed by atoms with Gasteiger partial charge >= 0.3 is 0 Å². The number of aromatic nitrogens is 1. The number of ether oxygens (including phenoxy) is 1. The summed E-state index contributed by atoms with van der Waals surface area (Å²) in [6.07, 6.45) is 1.48. The Morgan fingerprint density at radius 1 is 1.64 bits per heavy atom. The molecular formula is C9H15N3O2. The highest BCUT2D eigenvalue weighted by Gasteiger charge is 2.25. The normalized spacial score (nSPS) is 14.9. The number of nitrogens with two attached hydrogens (primary N) is 2. The fraction of sp³-hybridized carbons (Fsp3) is 0.444. The number of rotatable bonds is 3. The van der Waals surface area contributed by atoms with Crippen LogP contribution < -0.4 is 16.2 Å². The van der Waals surface area contributed by atoms with Crippen LogP contribution in [-0.2, 0) is 5.54 Å². The van der Waals surface area contributed by atoms with Gasteiger partial charge in [0.05, 0.1) is 31.1 Å². The molecule has 0 fully saturated rings. The molecule has 0 spiro atoms. The first-order valence-corrected chi connectivity index (χ1v) is 4.21. The molecule has 1 unspecified atom stereocenters. The lowest BCUT2D eigenvalue weighted by molar-refractivity contribution is 0.205. The van der Waals surface area contributed by atoms with Gasteiger partial charge in [-0.25, -0.2) is 4.98 Å². The van der Waals surface area contributed by atoms with Crippen LogP contribution >= 0.6 is 0 Å². The molecule has 1 aromatic rings. The van der Waals surface area contributed by atoms with E-state index in [1.807, 2.05) is 0 Å². The van der Waals surface area contributed by atoms with E-state index in [0.717, 1.165) is 0 Å². The Morgan fingerprint density at radius 2 is 2.29 bits per heavy atom. The molecule has 1 rings (SSSR count). The first-order chi connectivity index (χ1) is 6.51. The third kappa shape index (κ3) is 1.94. The molecule has 0 saturated carbocycles. The Morgan fingerprint density at radius 3 is 2.79 bits per heavy atom. The van der Waals surface area contributed by atoms with Crippen LogP contribution in [0.15, 0.2) is 12.3 Å². The van der Waals surface area contributed by atoms with Gasteiger partial charge in [-0.2, -0.15) is 0 Å². The lowest BCUT2D eigenvalue weighted by Gasteiger charge is -2.23. The van der Waals surface area contributed by atoms with Crippen molar-refractivity contribution in [1.29, 1.82) is 0 Å². The van der Waals surface area contributed by atoms with Crippen molar-refractivity contribution < 1.29 is 9.84 Å². The summed E-state index contributed by atoms with van der Waals surface area (Å²) in [5.41, 5.74) is 11.6. The van der Waals surface area contributed by atoms with Crippen LogP contribution in [0.2, 0.25) is 0 Å². The van der Waals surface area contributed by atoms with Gasteiger partial charge in [0, 0.05) is 5.56 Å². The summed E-state index contributed by atoms with van der Waals surface area (Å²) in [6.45, 7) is 1.49. The number of hydrogen-bond acceptors (Lipinski definition) is 5. The van der Waals surface area contributed by atoms with Crippen LogP contribution in [0.3, 0.4) is 0 Å². The second kappa shape index (κ2) is 3.81. The van der Waals surface area contributed by atoms with Gasteiger partial charge in [-0.1, -0.05) is 0 Å². The maximum absolute atomic E-state index is 9.11. The molecular weight excluding hydrogens is 182 g/mol. The predicted molar refractivity (Wildman–Crippen MR) is 53.8 cm³/mol. The van der Waals surface area contributed by atoms with Crippen molar-refractivity contribution in [1.82, 2.24) is 4.98 Å². The van der Waals surface area contributed by atoms with Crippen molar-refractivity contribution in [2.45, 2.75) is 12.5 Å². The first-order valence-electron chi connectivity index (χ1n) is 4.21.